The first-order valence-corrected chi connectivity index (χ1v) is 8.24. The van der Waals surface area contributed by atoms with E-state index in [2.05, 4.69) is 10.3 Å². The molecular weight excluding hydrogens is 373 g/mol. The number of fused-ring (bicyclic) bond motifs is 1. The van der Waals surface area contributed by atoms with Gasteiger partial charge in [-0.15, -0.1) is 0 Å². The van der Waals surface area contributed by atoms with E-state index in [1.165, 1.54) is 0 Å². The van der Waals surface area contributed by atoms with Crippen molar-refractivity contribution in [3.05, 3.63) is 71.4 Å². The second kappa shape index (κ2) is 7.67. The van der Waals surface area contributed by atoms with Gasteiger partial charge in [-0.1, -0.05) is 18.2 Å². The summed E-state index contributed by atoms with van der Waals surface area (Å²) >= 11 is 0. The van der Waals surface area contributed by atoms with Crippen molar-refractivity contribution in [1.29, 1.82) is 0 Å². The van der Waals surface area contributed by atoms with Gasteiger partial charge in [-0.3, -0.25) is 9.78 Å². The fourth-order valence-corrected chi connectivity index (χ4v) is 2.63. The first-order chi connectivity index (χ1) is 13.2. The van der Waals surface area contributed by atoms with Crippen molar-refractivity contribution in [3.63, 3.8) is 0 Å². The van der Waals surface area contributed by atoms with Gasteiger partial charge in [-0.05, 0) is 43.3 Å². The Balaban J connectivity index is 1.64. The van der Waals surface area contributed by atoms with Crippen molar-refractivity contribution in [2.45, 2.75) is 13.1 Å². The topological polar surface area (TPSA) is 68.3 Å². The second-order valence-electron chi connectivity index (χ2n) is 6.03. The van der Waals surface area contributed by atoms with Crippen LogP contribution in [-0.2, 0) is 15.7 Å². The number of nitrogens with one attached hydrogen (secondary N) is 1. The van der Waals surface area contributed by atoms with Gasteiger partial charge in [0.2, 0.25) is 0 Å². The highest BCUT2D eigenvalue weighted by molar-refractivity contribution is 6.04. The predicted molar refractivity (Wildman–Crippen MR) is 96.8 cm³/mol. The zero-order valence-corrected chi connectivity index (χ0v) is 14.7. The number of para-hydroxylation sites is 1. The number of alkyl halides is 3. The van der Waals surface area contributed by atoms with Crippen molar-refractivity contribution in [3.8, 4) is 0 Å². The number of ether oxygens (including phenoxy) is 1. The van der Waals surface area contributed by atoms with Gasteiger partial charge in [0.05, 0.1) is 16.6 Å². The molecule has 0 atom stereocenters. The lowest BCUT2D eigenvalue weighted by atomic mass is 10.1. The van der Waals surface area contributed by atoms with Crippen LogP contribution in [0.3, 0.4) is 0 Å². The van der Waals surface area contributed by atoms with E-state index in [1.54, 1.807) is 37.3 Å². The normalized spacial score (nSPS) is 11.3. The first-order valence-electron chi connectivity index (χ1n) is 8.24. The lowest BCUT2D eigenvalue weighted by Crippen LogP contribution is -2.21. The number of halogens is 3. The number of benzene rings is 2. The number of amides is 1. The molecule has 1 aromatic heterocycles. The number of rotatable bonds is 4. The van der Waals surface area contributed by atoms with Crippen LogP contribution in [0.15, 0.2) is 54.6 Å². The highest BCUT2D eigenvalue weighted by Crippen LogP contribution is 2.29. The number of anilines is 1. The Morgan fingerprint density at radius 3 is 2.43 bits per heavy atom. The van der Waals surface area contributed by atoms with E-state index in [0.717, 1.165) is 24.3 Å². The molecule has 1 amide bonds. The Morgan fingerprint density at radius 1 is 1.07 bits per heavy atom. The van der Waals surface area contributed by atoms with E-state index in [4.69, 9.17) is 4.74 Å². The van der Waals surface area contributed by atoms with Gasteiger partial charge in [-0.25, -0.2) is 4.79 Å². The summed E-state index contributed by atoms with van der Waals surface area (Å²) in [4.78, 5) is 28.6. The number of carbonyl (C=O) groups excluding carboxylic acids is 2. The van der Waals surface area contributed by atoms with Gasteiger partial charge in [0.1, 0.15) is 0 Å². The number of carbonyl (C=O) groups is 2. The van der Waals surface area contributed by atoms with Crippen molar-refractivity contribution in [2.24, 2.45) is 0 Å². The van der Waals surface area contributed by atoms with Crippen LogP contribution in [0, 0.1) is 6.92 Å². The maximum atomic E-state index is 12.5. The van der Waals surface area contributed by atoms with Gasteiger partial charge < -0.3 is 10.1 Å². The summed E-state index contributed by atoms with van der Waals surface area (Å²) in [6.07, 6.45) is -4.45. The zero-order valence-electron chi connectivity index (χ0n) is 14.7. The van der Waals surface area contributed by atoms with Crippen LogP contribution in [0.5, 0.6) is 0 Å². The molecule has 0 radical (unpaired) electrons. The fourth-order valence-electron chi connectivity index (χ4n) is 2.63. The maximum absolute atomic E-state index is 12.5. The minimum Gasteiger partial charge on any atom is -0.452 e. The highest BCUT2D eigenvalue weighted by atomic mass is 19.4. The summed E-state index contributed by atoms with van der Waals surface area (Å²) in [6.45, 7) is 1.16. The number of nitrogens with zero attached hydrogens (tertiary/aromatic N) is 1. The van der Waals surface area contributed by atoms with Crippen LogP contribution in [0.2, 0.25) is 0 Å². The lowest BCUT2D eigenvalue weighted by Gasteiger charge is -2.10. The molecule has 0 unspecified atom stereocenters. The summed E-state index contributed by atoms with van der Waals surface area (Å²) < 4.78 is 42.7. The van der Waals surface area contributed by atoms with E-state index in [9.17, 15) is 22.8 Å². The van der Waals surface area contributed by atoms with Crippen LogP contribution < -0.4 is 5.32 Å². The van der Waals surface area contributed by atoms with Gasteiger partial charge in [0, 0.05) is 16.8 Å². The molecule has 0 saturated heterocycles. The number of aryl methyl sites for hydroxylation is 1. The molecular formula is C20H15F3N2O3. The van der Waals surface area contributed by atoms with Gasteiger partial charge in [-0.2, -0.15) is 13.2 Å². The van der Waals surface area contributed by atoms with Crippen LogP contribution in [0.4, 0.5) is 18.9 Å². The number of esters is 1. The maximum Gasteiger partial charge on any atom is 0.416 e. The molecule has 3 aromatic rings. The SMILES string of the molecule is Cc1cc(C(=O)OCC(=O)Nc2ccc(C(F)(F)F)cc2)c2ccccc2n1. The monoisotopic (exact) mass is 388 g/mol. The summed E-state index contributed by atoms with van der Waals surface area (Å²) in [5.41, 5.74) is 0.880. The number of hydrogen-bond donors (Lipinski definition) is 1. The Hall–Kier alpha value is -3.42. The summed E-state index contributed by atoms with van der Waals surface area (Å²) in [7, 11) is 0. The van der Waals surface area contributed by atoms with Crippen LogP contribution in [-0.4, -0.2) is 23.5 Å². The Kier molecular flexibility index (Phi) is 5.30. The van der Waals surface area contributed by atoms with Crippen molar-refractivity contribution < 1.29 is 27.5 Å². The summed E-state index contributed by atoms with van der Waals surface area (Å²) in [5, 5.41) is 2.98. The van der Waals surface area contributed by atoms with E-state index in [0.29, 0.717) is 16.6 Å². The number of hydrogen-bond acceptors (Lipinski definition) is 4. The zero-order chi connectivity index (χ0) is 20.3. The average molecular weight is 388 g/mol. The molecule has 8 heteroatoms. The quantitative estimate of drug-likeness (QED) is 0.675. The average Bonchev–Trinajstić information content (AvgIpc) is 2.65. The third-order valence-electron chi connectivity index (χ3n) is 3.89. The smallest absolute Gasteiger partial charge is 0.416 e. The van der Waals surface area contributed by atoms with Gasteiger partial charge in [0.25, 0.3) is 5.91 Å². The molecule has 144 valence electrons. The van der Waals surface area contributed by atoms with Crippen LogP contribution in [0.1, 0.15) is 21.6 Å². The van der Waals surface area contributed by atoms with Gasteiger partial charge in [0.15, 0.2) is 6.61 Å². The minimum absolute atomic E-state index is 0.166. The summed E-state index contributed by atoms with van der Waals surface area (Å²) in [6, 6.07) is 12.6. The molecule has 28 heavy (non-hydrogen) atoms. The van der Waals surface area contributed by atoms with Crippen molar-refractivity contribution in [1.82, 2.24) is 4.98 Å². The Labute approximate surface area is 158 Å². The highest BCUT2D eigenvalue weighted by Gasteiger charge is 2.30. The van der Waals surface area contributed by atoms with E-state index in [-0.39, 0.29) is 11.3 Å². The fraction of sp³-hybridized carbons (Fsp3) is 0.150. The third kappa shape index (κ3) is 4.46. The second-order valence-corrected chi connectivity index (χ2v) is 6.03. The van der Waals surface area contributed by atoms with E-state index in [1.807, 2.05) is 0 Å². The Bertz CT molecular complexity index is 1030. The molecule has 0 aliphatic carbocycles. The molecule has 1 N–H and O–H groups in total. The molecule has 0 bridgehead atoms. The minimum atomic E-state index is -4.45. The van der Waals surface area contributed by atoms with Crippen LogP contribution >= 0.6 is 0 Å². The number of pyridine rings is 1. The molecule has 0 spiro atoms. The molecule has 0 aliphatic rings. The third-order valence-corrected chi connectivity index (χ3v) is 3.89. The molecule has 3 rings (SSSR count). The molecule has 5 nitrogen and oxygen atoms in total. The van der Waals surface area contributed by atoms with Gasteiger partial charge >= 0.3 is 12.1 Å². The lowest BCUT2D eigenvalue weighted by molar-refractivity contribution is -0.137. The molecule has 0 fully saturated rings. The number of aromatic nitrogens is 1. The molecule has 0 aliphatic heterocycles. The van der Waals surface area contributed by atoms with Crippen LogP contribution in [0.25, 0.3) is 10.9 Å². The standard InChI is InChI=1S/C20H15F3N2O3/c1-12-10-16(15-4-2-3-5-17(15)24-12)19(27)28-11-18(26)25-14-8-6-13(7-9-14)20(21,22)23/h2-10H,11H2,1H3,(H,25,26). The Morgan fingerprint density at radius 2 is 1.75 bits per heavy atom. The predicted octanol–water partition coefficient (Wildman–Crippen LogP) is 4.36. The van der Waals surface area contributed by atoms with E-state index < -0.39 is 30.2 Å². The van der Waals surface area contributed by atoms with E-state index >= 15 is 0 Å². The first kappa shape index (κ1) is 19.3. The largest absolute Gasteiger partial charge is 0.452 e. The van der Waals surface area contributed by atoms with Crippen molar-refractivity contribution in [2.75, 3.05) is 11.9 Å². The summed E-state index contributed by atoms with van der Waals surface area (Å²) in [5.74, 6) is -1.35. The van der Waals surface area contributed by atoms with Crippen molar-refractivity contribution >= 4 is 28.5 Å². The molecule has 2 aromatic carbocycles. The molecule has 0 saturated carbocycles. The molecule has 1 heterocycles.